The molecule has 3 N–H and O–H groups in total. The van der Waals surface area contributed by atoms with Gasteiger partial charge in [-0.15, -0.1) is 0 Å². The summed E-state index contributed by atoms with van der Waals surface area (Å²) in [7, 11) is 0. The molecule has 3 rings (SSSR count). The first-order chi connectivity index (χ1) is 12.9. The molecule has 142 valence electrons. The summed E-state index contributed by atoms with van der Waals surface area (Å²) >= 11 is 0. The highest BCUT2D eigenvalue weighted by Gasteiger charge is 2.26. The van der Waals surface area contributed by atoms with Gasteiger partial charge in [-0.1, -0.05) is 29.8 Å². The zero-order valence-corrected chi connectivity index (χ0v) is 15.4. The summed E-state index contributed by atoms with van der Waals surface area (Å²) in [5.41, 5.74) is 6.72. The molecule has 0 radical (unpaired) electrons. The molecule has 1 atom stereocenters. The van der Waals surface area contributed by atoms with E-state index in [2.05, 4.69) is 9.97 Å². The van der Waals surface area contributed by atoms with E-state index in [-0.39, 0.29) is 23.3 Å². The van der Waals surface area contributed by atoms with E-state index < -0.39 is 5.56 Å². The Bertz CT molecular complexity index is 889. The average molecular weight is 368 g/mol. The van der Waals surface area contributed by atoms with Crippen LogP contribution < -0.4 is 11.3 Å². The fourth-order valence-corrected chi connectivity index (χ4v) is 3.41. The highest BCUT2D eigenvalue weighted by Crippen LogP contribution is 2.22. The van der Waals surface area contributed by atoms with E-state index in [0.717, 1.165) is 24.0 Å². The molecule has 1 aromatic carbocycles. The smallest absolute Gasteiger partial charge is 0.264 e. The van der Waals surface area contributed by atoms with Gasteiger partial charge in [-0.3, -0.25) is 14.4 Å². The number of nitrogens with one attached hydrogen (secondary N) is 1. The van der Waals surface area contributed by atoms with Crippen molar-refractivity contribution in [3.05, 3.63) is 51.9 Å². The van der Waals surface area contributed by atoms with Gasteiger partial charge in [0.05, 0.1) is 0 Å². The lowest BCUT2D eigenvalue weighted by Crippen LogP contribution is -2.42. The average Bonchev–Trinajstić information content (AvgIpc) is 2.66. The molecule has 2 aromatic rings. The first-order valence-corrected chi connectivity index (χ1v) is 9.18. The number of hydrogen-bond acceptors (Lipinski definition) is 4. The molecule has 0 bridgehead atoms. The summed E-state index contributed by atoms with van der Waals surface area (Å²) in [5.74, 6) is 0.0253. The molecule has 7 nitrogen and oxygen atoms in total. The van der Waals surface area contributed by atoms with Crippen LogP contribution in [0.15, 0.2) is 35.3 Å². The van der Waals surface area contributed by atoms with Crippen LogP contribution in [0.3, 0.4) is 0 Å². The second-order valence-electron chi connectivity index (χ2n) is 7.11. The number of primary amides is 1. The number of hydrogen-bond donors (Lipinski definition) is 2. The van der Waals surface area contributed by atoms with Crippen molar-refractivity contribution in [2.45, 2.75) is 32.6 Å². The van der Waals surface area contributed by atoms with Crippen LogP contribution in [0.1, 0.15) is 41.6 Å². The maximum Gasteiger partial charge on any atom is 0.264 e. The number of aromatic nitrogens is 2. The van der Waals surface area contributed by atoms with Gasteiger partial charge in [-0.25, -0.2) is 4.98 Å². The second-order valence-corrected chi connectivity index (χ2v) is 7.11. The Morgan fingerprint density at radius 2 is 2.04 bits per heavy atom. The van der Waals surface area contributed by atoms with Crippen LogP contribution >= 0.6 is 0 Å². The Morgan fingerprint density at radius 3 is 2.70 bits per heavy atom. The molecule has 1 aliphatic rings. The van der Waals surface area contributed by atoms with Gasteiger partial charge in [-0.05, 0) is 32.1 Å². The monoisotopic (exact) mass is 368 g/mol. The third kappa shape index (κ3) is 4.61. The zero-order valence-electron chi connectivity index (χ0n) is 15.4. The Kier molecular flexibility index (Phi) is 5.69. The van der Waals surface area contributed by atoms with Crippen molar-refractivity contribution in [3.63, 3.8) is 0 Å². The van der Waals surface area contributed by atoms with Crippen LogP contribution in [0.2, 0.25) is 0 Å². The molecule has 2 heterocycles. The van der Waals surface area contributed by atoms with Crippen LogP contribution in [0.4, 0.5) is 0 Å². The highest BCUT2D eigenvalue weighted by atomic mass is 16.2. The van der Waals surface area contributed by atoms with E-state index in [9.17, 15) is 14.4 Å². The van der Waals surface area contributed by atoms with E-state index in [1.54, 1.807) is 4.90 Å². The fourth-order valence-electron chi connectivity index (χ4n) is 3.41. The number of likely N-dealkylation sites (tertiary alicyclic amines) is 1. The SMILES string of the molecule is Cc1ccc(-c2ncc(C(=O)N3CCC[C@@H](CCC(N)=O)C3)c(=O)[nH]2)cc1. The molecule has 0 aliphatic carbocycles. The molecule has 1 saturated heterocycles. The number of carbonyl (C=O) groups excluding carboxylic acids is 2. The quantitative estimate of drug-likeness (QED) is 0.839. The van der Waals surface area contributed by atoms with Crippen molar-refractivity contribution in [2.75, 3.05) is 13.1 Å². The Hall–Kier alpha value is -2.96. The second kappa shape index (κ2) is 8.16. The van der Waals surface area contributed by atoms with Crippen LogP contribution in [0.5, 0.6) is 0 Å². The summed E-state index contributed by atoms with van der Waals surface area (Å²) in [4.78, 5) is 44.9. The molecule has 7 heteroatoms. The number of benzene rings is 1. The van der Waals surface area contributed by atoms with E-state index in [0.29, 0.717) is 31.8 Å². The van der Waals surface area contributed by atoms with E-state index in [1.165, 1.54) is 6.20 Å². The minimum atomic E-state index is -0.440. The summed E-state index contributed by atoms with van der Waals surface area (Å²) in [6, 6.07) is 7.63. The number of carbonyl (C=O) groups is 2. The molecule has 27 heavy (non-hydrogen) atoms. The first kappa shape index (κ1) is 18.8. The number of nitrogens with two attached hydrogens (primary N) is 1. The van der Waals surface area contributed by atoms with Gasteiger partial charge >= 0.3 is 0 Å². The van der Waals surface area contributed by atoms with Crippen LogP contribution in [-0.4, -0.2) is 39.8 Å². The van der Waals surface area contributed by atoms with Crippen molar-refractivity contribution < 1.29 is 9.59 Å². The van der Waals surface area contributed by atoms with Crippen LogP contribution in [0, 0.1) is 12.8 Å². The van der Waals surface area contributed by atoms with Gasteiger partial charge in [-0.2, -0.15) is 0 Å². The number of piperidine rings is 1. The van der Waals surface area contributed by atoms with Crippen LogP contribution in [0.25, 0.3) is 11.4 Å². The van der Waals surface area contributed by atoms with Gasteiger partial charge in [0.1, 0.15) is 11.4 Å². The predicted molar refractivity (Wildman–Crippen MR) is 102 cm³/mol. The Labute approximate surface area is 157 Å². The van der Waals surface area contributed by atoms with Gasteiger partial charge in [0.15, 0.2) is 0 Å². The largest absolute Gasteiger partial charge is 0.370 e. The molecule has 0 unspecified atom stereocenters. The zero-order chi connectivity index (χ0) is 19.4. The predicted octanol–water partition coefficient (Wildman–Crippen LogP) is 1.86. The summed E-state index contributed by atoms with van der Waals surface area (Å²) in [6.45, 7) is 3.12. The first-order valence-electron chi connectivity index (χ1n) is 9.18. The Balaban J connectivity index is 1.73. The molecule has 2 amide bonds. The normalized spacial score (nSPS) is 16.9. The summed E-state index contributed by atoms with van der Waals surface area (Å²) in [6.07, 6.45) is 4.14. The molecule has 1 aromatic heterocycles. The van der Waals surface area contributed by atoms with Gasteiger partial charge < -0.3 is 15.6 Å². The third-order valence-corrected chi connectivity index (χ3v) is 4.96. The summed E-state index contributed by atoms with van der Waals surface area (Å²) in [5, 5.41) is 0. The number of rotatable bonds is 5. The minimum absolute atomic E-state index is 0.0430. The minimum Gasteiger partial charge on any atom is -0.370 e. The number of H-pyrrole nitrogens is 1. The third-order valence-electron chi connectivity index (χ3n) is 4.96. The van der Waals surface area contributed by atoms with Gasteiger partial charge in [0.25, 0.3) is 11.5 Å². The lowest BCUT2D eigenvalue weighted by atomic mass is 9.93. The molecular weight excluding hydrogens is 344 g/mol. The number of amides is 2. The topological polar surface area (TPSA) is 109 Å². The molecule has 1 fully saturated rings. The van der Waals surface area contributed by atoms with Crippen molar-refractivity contribution in [1.29, 1.82) is 0 Å². The van der Waals surface area contributed by atoms with E-state index in [4.69, 9.17) is 5.73 Å². The highest BCUT2D eigenvalue weighted by molar-refractivity contribution is 5.93. The maximum atomic E-state index is 12.8. The molecule has 0 spiro atoms. The lowest BCUT2D eigenvalue weighted by molar-refractivity contribution is -0.118. The number of aryl methyl sites for hydroxylation is 1. The number of nitrogens with zero attached hydrogens (tertiary/aromatic N) is 2. The molecular formula is C20H24N4O3. The fraction of sp³-hybridized carbons (Fsp3) is 0.400. The Morgan fingerprint density at radius 1 is 1.30 bits per heavy atom. The number of aromatic amines is 1. The van der Waals surface area contributed by atoms with E-state index in [1.807, 2.05) is 31.2 Å². The van der Waals surface area contributed by atoms with Crippen molar-refractivity contribution in [2.24, 2.45) is 11.7 Å². The van der Waals surface area contributed by atoms with E-state index >= 15 is 0 Å². The maximum absolute atomic E-state index is 12.8. The van der Waals surface area contributed by atoms with Crippen molar-refractivity contribution >= 4 is 11.8 Å². The van der Waals surface area contributed by atoms with Gasteiger partial charge in [0.2, 0.25) is 5.91 Å². The molecule has 1 aliphatic heterocycles. The summed E-state index contributed by atoms with van der Waals surface area (Å²) < 4.78 is 0. The lowest BCUT2D eigenvalue weighted by Gasteiger charge is -2.32. The van der Waals surface area contributed by atoms with Crippen molar-refractivity contribution in [3.8, 4) is 11.4 Å². The van der Waals surface area contributed by atoms with Crippen molar-refractivity contribution in [1.82, 2.24) is 14.9 Å². The van der Waals surface area contributed by atoms with Gasteiger partial charge in [0, 0.05) is 31.3 Å². The standard InChI is InChI=1S/C20H24N4O3/c1-13-4-7-15(8-5-13)18-22-11-16(19(26)23-18)20(27)24-10-2-3-14(12-24)6-9-17(21)25/h4-5,7-8,11,14H,2-3,6,9-10,12H2,1H3,(H2,21,25)(H,22,23,26)/t14-/m0/s1. The molecule has 0 saturated carbocycles. The van der Waals surface area contributed by atoms with Crippen LogP contribution in [-0.2, 0) is 4.79 Å².